The molecule has 0 fully saturated rings. The Morgan fingerprint density at radius 3 is 2.76 bits per heavy atom. The number of hydrogen-bond donors (Lipinski definition) is 1. The van der Waals surface area contributed by atoms with Crippen LogP contribution in [0, 0.1) is 0 Å². The van der Waals surface area contributed by atoms with Gasteiger partial charge in [-0.25, -0.2) is 4.68 Å². The molecule has 0 aromatic carbocycles. The molecule has 0 spiro atoms. The van der Waals surface area contributed by atoms with Crippen molar-refractivity contribution < 1.29 is 9.53 Å². The number of nitrogens with zero attached hydrogens (tertiary/aromatic N) is 3. The second-order valence-corrected chi connectivity index (χ2v) is 4.83. The number of carbonyl (C=O) groups excluding carboxylic acids is 1. The summed E-state index contributed by atoms with van der Waals surface area (Å²) in [6, 6.07) is 0. The molecule has 1 N–H and O–H groups in total. The first-order chi connectivity index (χ1) is 7.93. The summed E-state index contributed by atoms with van der Waals surface area (Å²) in [7, 11) is 1.39. The predicted octanol–water partition coefficient (Wildman–Crippen LogP) is 0.686. The number of esters is 1. The molecule has 17 heavy (non-hydrogen) atoms. The Morgan fingerprint density at radius 2 is 2.24 bits per heavy atom. The fraction of sp³-hybridized carbons (Fsp3) is 0.727. The lowest BCUT2D eigenvalue weighted by atomic mass is 10.1. The van der Waals surface area contributed by atoms with Crippen LogP contribution in [0.3, 0.4) is 0 Å². The molecule has 0 atom stereocenters. The average Bonchev–Trinajstić information content (AvgIpc) is 2.72. The normalized spacial score (nSPS) is 11.5. The fourth-order valence-corrected chi connectivity index (χ4v) is 1.22. The molecule has 6 heteroatoms. The maximum Gasteiger partial charge on any atom is 0.306 e. The second kappa shape index (κ2) is 5.77. The SMILES string of the molecule is COC(=O)CCNCc1cn(C(C)(C)C)nn1. The minimum Gasteiger partial charge on any atom is -0.469 e. The summed E-state index contributed by atoms with van der Waals surface area (Å²) in [4.78, 5) is 10.9. The number of nitrogens with one attached hydrogen (secondary N) is 1. The van der Waals surface area contributed by atoms with Crippen molar-refractivity contribution in [3.8, 4) is 0 Å². The summed E-state index contributed by atoms with van der Waals surface area (Å²) >= 11 is 0. The third kappa shape index (κ3) is 4.52. The number of hydrogen-bond acceptors (Lipinski definition) is 5. The number of methoxy groups -OCH3 is 1. The zero-order valence-electron chi connectivity index (χ0n) is 10.9. The van der Waals surface area contributed by atoms with Gasteiger partial charge in [-0.1, -0.05) is 5.21 Å². The van der Waals surface area contributed by atoms with Gasteiger partial charge in [-0.05, 0) is 20.8 Å². The maximum atomic E-state index is 10.9. The molecule has 0 amide bonds. The summed E-state index contributed by atoms with van der Waals surface area (Å²) in [5.41, 5.74) is 0.807. The molecule has 0 aliphatic rings. The van der Waals surface area contributed by atoms with E-state index >= 15 is 0 Å². The van der Waals surface area contributed by atoms with Crippen LogP contribution in [0.25, 0.3) is 0 Å². The Hall–Kier alpha value is -1.43. The Labute approximate surface area is 101 Å². The number of rotatable bonds is 5. The molecule has 1 aromatic rings. The highest BCUT2D eigenvalue weighted by atomic mass is 16.5. The van der Waals surface area contributed by atoms with Crippen LogP contribution in [0.2, 0.25) is 0 Å². The van der Waals surface area contributed by atoms with Gasteiger partial charge >= 0.3 is 5.97 Å². The number of carbonyl (C=O) groups is 1. The first kappa shape index (κ1) is 13.6. The molecular weight excluding hydrogens is 220 g/mol. The third-order valence-corrected chi connectivity index (χ3v) is 2.27. The van der Waals surface area contributed by atoms with E-state index in [0.717, 1.165) is 5.69 Å². The summed E-state index contributed by atoms with van der Waals surface area (Å²) in [5.74, 6) is -0.212. The molecule has 6 nitrogen and oxygen atoms in total. The lowest BCUT2D eigenvalue weighted by molar-refractivity contribution is -0.140. The lowest BCUT2D eigenvalue weighted by Crippen LogP contribution is -2.22. The second-order valence-electron chi connectivity index (χ2n) is 4.83. The molecule has 0 radical (unpaired) electrons. The van der Waals surface area contributed by atoms with E-state index in [1.54, 1.807) is 0 Å². The monoisotopic (exact) mass is 240 g/mol. The van der Waals surface area contributed by atoms with Crippen LogP contribution < -0.4 is 5.32 Å². The smallest absolute Gasteiger partial charge is 0.306 e. The van der Waals surface area contributed by atoms with Crippen LogP contribution >= 0.6 is 0 Å². The molecule has 1 rings (SSSR count). The van der Waals surface area contributed by atoms with Gasteiger partial charge in [0.25, 0.3) is 0 Å². The van der Waals surface area contributed by atoms with Gasteiger partial charge in [0.2, 0.25) is 0 Å². The molecule has 0 bridgehead atoms. The van der Waals surface area contributed by atoms with Crippen molar-refractivity contribution >= 4 is 5.97 Å². The minimum atomic E-state index is -0.212. The topological polar surface area (TPSA) is 69.0 Å². The zero-order chi connectivity index (χ0) is 12.9. The van der Waals surface area contributed by atoms with Gasteiger partial charge in [-0.2, -0.15) is 0 Å². The van der Waals surface area contributed by atoms with E-state index < -0.39 is 0 Å². The highest BCUT2D eigenvalue weighted by Gasteiger charge is 2.14. The van der Waals surface area contributed by atoms with Gasteiger partial charge in [0.1, 0.15) is 0 Å². The summed E-state index contributed by atoms with van der Waals surface area (Å²) in [5, 5.41) is 11.2. The van der Waals surface area contributed by atoms with E-state index in [0.29, 0.717) is 19.5 Å². The van der Waals surface area contributed by atoms with Crippen LogP contribution in [-0.4, -0.2) is 34.6 Å². The molecule has 0 aliphatic carbocycles. The zero-order valence-corrected chi connectivity index (χ0v) is 10.9. The van der Waals surface area contributed by atoms with Crippen molar-refractivity contribution in [2.45, 2.75) is 39.3 Å². The number of ether oxygens (including phenoxy) is 1. The third-order valence-electron chi connectivity index (χ3n) is 2.27. The maximum absolute atomic E-state index is 10.9. The highest BCUT2D eigenvalue weighted by molar-refractivity contribution is 5.69. The van der Waals surface area contributed by atoms with Gasteiger partial charge in [-0.3, -0.25) is 4.79 Å². The van der Waals surface area contributed by atoms with Crippen molar-refractivity contribution in [2.24, 2.45) is 0 Å². The van der Waals surface area contributed by atoms with Gasteiger partial charge < -0.3 is 10.1 Å². The van der Waals surface area contributed by atoms with Crippen LogP contribution in [0.4, 0.5) is 0 Å². The van der Waals surface area contributed by atoms with Crippen LogP contribution in [0.5, 0.6) is 0 Å². The van der Waals surface area contributed by atoms with Crippen molar-refractivity contribution in [3.05, 3.63) is 11.9 Å². The quantitative estimate of drug-likeness (QED) is 0.605. The van der Waals surface area contributed by atoms with Crippen molar-refractivity contribution in [1.82, 2.24) is 20.3 Å². The Kier molecular flexibility index (Phi) is 4.62. The molecule has 96 valence electrons. The van der Waals surface area contributed by atoms with Crippen LogP contribution in [-0.2, 0) is 21.6 Å². The van der Waals surface area contributed by atoms with Gasteiger partial charge in [-0.15, -0.1) is 5.10 Å². The molecule has 1 heterocycles. The summed E-state index contributed by atoms with van der Waals surface area (Å²) < 4.78 is 6.36. The molecule has 1 aromatic heterocycles. The number of aromatic nitrogens is 3. The summed E-state index contributed by atoms with van der Waals surface area (Å²) in [6.07, 6.45) is 2.27. The first-order valence-electron chi connectivity index (χ1n) is 5.62. The standard InChI is InChI=1S/C11H20N4O2/c1-11(2,3)15-8-9(13-14-15)7-12-6-5-10(16)17-4/h8,12H,5-7H2,1-4H3. The predicted molar refractivity (Wildman–Crippen MR) is 63.4 cm³/mol. The van der Waals surface area contributed by atoms with Crippen LogP contribution in [0.1, 0.15) is 32.9 Å². The van der Waals surface area contributed by atoms with Gasteiger partial charge in [0.15, 0.2) is 0 Å². The average molecular weight is 240 g/mol. The van der Waals surface area contributed by atoms with Crippen molar-refractivity contribution in [3.63, 3.8) is 0 Å². The molecule has 0 saturated heterocycles. The van der Waals surface area contributed by atoms with E-state index in [9.17, 15) is 4.79 Å². The van der Waals surface area contributed by atoms with E-state index in [1.807, 2.05) is 10.9 Å². The molecule has 0 unspecified atom stereocenters. The van der Waals surface area contributed by atoms with Crippen molar-refractivity contribution in [1.29, 1.82) is 0 Å². The van der Waals surface area contributed by atoms with E-state index in [4.69, 9.17) is 0 Å². The Morgan fingerprint density at radius 1 is 1.53 bits per heavy atom. The lowest BCUT2D eigenvalue weighted by Gasteiger charge is -2.17. The molecule has 0 aliphatic heterocycles. The molecule has 0 saturated carbocycles. The van der Waals surface area contributed by atoms with E-state index in [2.05, 4.69) is 41.1 Å². The first-order valence-corrected chi connectivity index (χ1v) is 5.62. The van der Waals surface area contributed by atoms with E-state index in [-0.39, 0.29) is 11.5 Å². The summed E-state index contributed by atoms with van der Waals surface area (Å²) in [6.45, 7) is 7.38. The Bertz CT molecular complexity index is 368. The largest absolute Gasteiger partial charge is 0.469 e. The van der Waals surface area contributed by atoms with Crippen LogP contribution in [0.15, 0.2) is 6.20 Å². The van der Waals surface area contributed by atoms with Gasteiger partial charge in [0.05, 0.1) is 31.0 Å². The molecular formula is C11H20N4O2. The van der Waals surface area contributed by atoms with Crippen molar-refractivity contribution in [2.75, 3.05) is 13.7 Å². The fourth-order valence-electron chi connectivity index (χ4n) is 1.22. The van der Waals surface area contributed by atoms with Gasteiger partial charge in [0, 0.05) is 13.1 Å². The Balaban J connectivity index is 2.33. The minimum absolute atomic E-state index is 0.0583. The highest BCUT2D eigenvalue weighted by Crippen LogP contribution is 2.11. The van der Waals surface area contributed by atoms with E-state index in [1.165, 1.54) is 7.11 Å².